The summed E-state index contributed by atoms with van der Waals surface area (Å²) in [5.41, 5.74) is 1.13. The Kier molecular flexibility index (Phi) is 6.29. The summed E-state index contributed by atoms with van der Waals surface area (Å²) in [7, 11) is 3.80. The van der Waals surface area contributed by atoms with E-state index in [0.29, 0.717) is 6.54 Å². The zero-order valence-electron chi connectivity index (χ0n) is 12.3. The molecule has 0 saturated carbocycles. The van der Waals surface area contributed by atoms with Crippen LogP contribution in [0.5, 0.6) is 0 Å². The van der Waals surface area contributed by atoms with Crippen LogP contribution in [-0.2, 0) is 11.3 Å². The number of carbonyl (C=O) groups excluding carboxylic acids is 1. The van der Waals surface area contributed by atoms with Gasteiger partial charge in [-0.1, -0.05) is 6.07 Å². The Labute approximate surface area is 115 Å². The van der Waals surface area contributed by atoms with E-state index < -0.39 is 0 Å². The second-order valence-electron chi connectivity index (χ2n) is 4.48. The number of rotatable bonds is 7. The van der Waals surface area contributed by atoms with Crippen molar-refractivity contribution in [2.45, 2.75) is 20.4 Å². The third-order valence-corrected chi connectivity index (χ3v) is 3.07. The van der Waals surface area contributed by atoms with Crippen molar-refractivity contribution < 1.29 is 4.79 Å². The van der Waals surface area contributed by atoms with Crippen molar-refractivity contribution in [2.24, 2.45) is 0 Å². The molecule has 0 aromatic carbocycles. The molecular formula is C14H24N4O. The molecule has 0 atom stereocenters. The van der Waals surface area contributed by atoms with Crippen LogP contribution in [-0.4, -0.2) is 49.5 Å². The van der Waals surface area contributed by atoms with Crippen LogP contribution in [0.3, 0.4) is 0 Å². The van der Waals surface area contributed by atoms with Gasteiger partial charge in [-0.2, -0.15) is 0 Å². The molecule has 1 N–H and O–H groups in total. The summed E-state index contributed by atoms with van der Waals surface area (Å²) >= 11 is 0. The molecule has 1 amide bonds. The lowest BCUT2D eigenvalue weighted by molar-refractivity contribution is -0.129. The lowest BCUT2D eigenvalue weighted by Gasteiger charge is -2.23. The summed E-state index contributed by atoms with van der Waals surface area (Å²) < 4.78 is 0. The standard InChI is InChI=1S/C14H24N4O/c1-5-18(6-2)14(19)11-17(4)13-8-7-12(9-15-3)10-16-13/h7-8,10,15H,5-6,9,11H2,1-4H3. The Morgan fingerprint density at radius 3 is 2.47 bits per heavy atom. The summed E-state index contributed by atoms with van der Waals surface area (Å²) in [6.45, 7) is 6.64. The minimum Gasteiger partial charge on any atom is -0.350 e. The number of pyridine rings is 1. The predicted octanol–water partition coefficient (Wildman–Crippen LogP) is 1.11. The highest BCUT2D eigenvalue weighted by atomic mass is 16.2. The first kappa shape index (κ1) is 15.4. The zero-order valence-corrected chi connectivity index (χ0v) is 12.3. The number of aromatic nitrogens is 1. The predicted molar refractivity (Wildman–Crippen MR) is 78.2 cm³/mol. The normalized spacial score (nSPS) is 10.3. The molecule has 0 spiro atoms. The number of nitrogens with zero attached hydrogens (tertiary/aromatic N) is 3. The first-order valence-corrected chi connectivity index (χ1v) is 6.70. The molecule has 0 aliphatic rings. The van der Waals surface area contributed by atoms with Gasteiger partial charge in [0.1, 0.15) is 5.82 Å². The number of likely N-dealkylation sites (N-methyl/N-ethyl adjacent to an activating group) is 2. The highest BCUT2D eigenvalue weighted by molar-refractivity contribution is 5.81. The van der Waals surface area contributed by atoms with Crippen molar-refractivity contribution in [3.63, 3.8) is 0 Å². The van der Waals surface area contributed by atoms with Crippen LogP contribution in [0, 0.1) is 0 Å². The number of anilines is 1. The first-order chi connectivity index (χ1) is 9.12. The molecule has 0 bridgehead atoms. The molecule has 0 unspecified atom stereocenters. The highest BCUT2D eigenvalue weighted by Crippen LogP contribution is 2.09. The topological polar surface area (TPSA) is 48.5 Å². The monoisotopic (exact) mass is 264 g/mol. The lowest BCUT2D eigenvalue weighted by atomic mass is 10.3. The van der Waals surface area contributed by atoms with Gasteiger partial charge in [-0.15, -0.1) is 0 Å². The van der Waals surface area contributed by atoms with Crippen LogP contribution in [0.2, 0.25) is 0 Å². The SMILES string of the molecule is CCN(CC)C(=O)CN(C)c1ccc(CNC)cn1. The fraction of sp³-hybridized carbons (Fsp3) is 0.571. The molecule has 5 nitrogen and oxygen atoms in total. The van der Waals surface area contributed by atoms with Gasteiger partial charge in [-0.25, -0.2) is 4.98 Å². The minimum absolute atomic E-state index is 0.133. The maximum absolute atomic E-state index is 12.0. The number of amides is 1. The summed E-state index contributed by atoms with van der Waals surface area (Å²) in [4.78, 5) is 20.1. The molecule has 19 heavy (non-hydrogen) atoms. The van der Waals surface area contributed by atoms with Crippen molar-refractivity contribution in [3.05, 3.63) is 23.9 Å². The van der Waals surface area contributed by atoms with E-state index in [-0.39, 0.29) is 5.91 Å². The Morgan fingerprint density at radius 1 is 1.32 bits per heavy atom. The van der Waals surface area contributed by atoms with Gasteiger partial charge in [0, 0.05) is 32.9 Å². The third kappa shape index (κ3) is 4.52. The second-order valence-corrected chi connectivity index (χ2v) is 4.48. The largest absolute Gasteiger partial charge is 0.350 e. The van der Waals surface area contributed by atoms with Gasteiger partial charge in [0.25, 0.3) is 0 Å². The molecule has 106 valence electrons. The van der Waals surface area contributed by atoms with E-state index in [2.05, 4.69) is 10.3 Å². The summed E-state index contributed by atoms with van der Waals surface area (Å²) in [6.07, 6.45) is 1.84. The molecule has 1 aromatic rings. The number of nitrogens with one attached hydrogen (secondary N) is 1. The fourth-order valence-electron chi connectivity index (χ4n) is 1.91. The molecule has 1 heterocycles. The minimum atomic E-state index is 0.133. The summed E-state index contributed by atoms with van der Waals surface area (Å²) in [5, 5.41) is 3.08. The molecule has 0 saturated heterocycles. The average Bonchev–Trinajstić information content (AvgIpc) is 2.41. The molecule has 1 aromatic heterocycles. The molecular weight excluding hydrogens is 240 g/mol. The van der Waals surface area contributed by atoms with Crippen LogP contribution in [0.15, 0.2) is 18.3 Å². The zero-order chi connectivity index (χ0) is 14.3. The van der Waals surface area contributed by atoms with Gasteiger partial charge in [-0.05, 0) is 32.5 Å². The smallest absolute Gasteiger partial charge is 0.242 e. The van der Waals surface area contributed by atoms with Gasteiger partial charge < -0.3 is 15.1 Å². The number of carbonyl (C=O) groups is 1. The first-order valence-electron chi connectivity index (χ1n) is 6.70. The fourth-order valence-corrected chi connectivity index (χ4v) is 1.91. The quantitative estimate of drug-likeness (QED) is 0.801. The molecule has 5 heteroatoms. The Bertz CT molecular complexity index is 387. The third-order valence-electron chi connectivity index (χ3n) is 3.07. The van der Waals surface area contributed by atoms with E-state index >= 15 is 0 Å². The van der Waals surface area contributed by atoms with Crippen molar-refractivity contribution in [3.8, 4) is 0 Å². The van der Waals surface area contributed by atoms with E-state index in [0.717, 1.165) is 31.0 Å². The van der Waals surface area contributed by atoms with Gasteiger partial charge in [0.2, 0.25) is 5.91 Å². The number of hydrogen-bond donors (Lipinski definition) is 1. The summed E-state index contributed by atoms with van der Waals surface area (Å²) in [5.74, 6) is 0.953. The van der Waals surface area contributed by atoms with Gasteiger partial charge >= 0.3 is 0 Å². The molecule has 0 aliphatic heterocycles. The van der Waals surface area contributed by atoms with Crippen molar-refractivity contribution in [1.82, 2.24) is 15.2 Å². The molecule has 0 radical (unpaired) electrons. The molecule has 1 rings (SSSR count). The van der Waals surface area contributed by atoms with Crippen LogP contribution in [0.25, 0.3) is 0 Å². The molecule has 0 aliphatic carbocycles. The lowest BCUT2D eigenvalue weighted by Crippen LogP contribution is -2.39. The van der Waals surface area contributed by atoms with E-state index in [4.69, 9.17) is 0 Å². The summed E-state index contributed by atoms with van der Waals surface area (Å²) in [6, 6.07) is 3.97. The van der Waals surface area contributed by atoms with Crippen LogP contribution < -0.4 is 10.2 Å². The van der Waals surface area contributed by atoms with E-state index in [1.165, 1.54) is 0 Å². The molecule has 0 fully saturated rings. The van der Waals surface area contributed by atoms with Crippen molar-refractivity contribution in [2.75, 3.05) is 38.6 Å². The van der Waals surface area contributed by atoms with Gasteiger partial charge in [-0.3, -0.25) is 4.79 Å². The van der Waals surface area contributed by atoms with Crippen molar-refractivity contribution in [1.29, 1.82) is 0 Å². The second kappa shape index (κ2) is 7.74. The Balaban J connectivity index is 2.62. The van der Waals surface area contributed by atoms with E-state index in [1.54, 1.807) is 0 Å². The van der Waals surface area contributed by atoms with Crippen LogP contribution >= 0.6 is 0 Å². The average molecular weight is 264 g/mol. The Morgan fingerprint density at radius 2 is 2.00 bits per heavy atom. The van der Waals surface area contributed by atoms with Crippen LogP contribution in [0.1, 0.15) is 19.4 Å². The maximum Gasteiger partial charge on any atom is 0.242 e. The maximum atomic E-state index is 12.0. The van der Waals surface area contributed by atoms with Gasteiger partial charge in [0.15, 0.2) is 0 Å². The number of hydrogen-bond acceptors (Lipinski definition) is 4. The van der Waals surface area contributed by atoms with E-state index in [1.807, 2.05) is 56.1 Å². The van der Waals surface area contributed by atoms with Gasteiger partial charge in [0.05, 0.1) is 6.54 Å². The van der Waals surface area contributed by atoms with E-state index in [9.17, 15) is 4.79 Å². The Hall–Kier alpha value is -1.62. The van der Waals surface area contributed by atoms with Crippen LogP contribution in [0.4, 0.5) is 5.82 Å². The highest BCUT2D eigenvalue weighted by Gasteiger charge is 2.13. The van der Waals surface area contributed by atoms with Crippen molar-refractivity contribution >= 4 is 11.7 Å².